The van der Waals surface area contributed by atoms with Crippen molar-refractivity contribution in [1.82, 2.24) is 9.80 Å². The first kappa shape index (κ1) is 19.1. The second-order valence-corrected chi connectivity index (χ2v) is 7.00. The van der Waals surface area contributed by atoms with Gasteiger partial charge in [0.05, 0.1) is 12.0 Å². The largest absolute Gasteiger partial charge is 0.341 e. The van der Waals surface area contributed by atoms with Crippen LogP contribution in [-0.2, 0) is 16.1 Å². The molecule has 0 radical (unpaired) electrons. The smallest absolute Gasteiger partial charge is 0.228 e. The molecule has 142 valence electrons. The number of benzene rings is 2. The summed E-state index contributed by atoms with van der Waals surface area (Å²) < 4.78 is 13.1. The molecule has 1 heterocycles. The third-order valence-electron chi connectivity index (χ3n) is 5.21. The molecule has 2 aromatic rings. The van der Waals surface area contributed by atoms with Crippen LogP contribution in [0.3, 0.4) is 0 Å². The number of hydrogen-bond acceptors (Lipinski definition) is 2. The van der Waals surface area contributed by atoms with Gasteiger partial charge in [-0.05, 0) is 36.6 Å². The topological polar surface area (TPSA) is 40.6 Å². The normalized spacial score (nSPS) is 19.8. The highest BCUT2D eigenvalue weighted by atomic mass is 19.1. The summed E-state index contributed by atoms with van der Waals surface area (Å²) in [7, 11) is 1.76. The third kappa shape index (κ3) is 4.18. The van der Waals surface area contributed by atoms with Gasteiger partial charge in [-0.1, -0.05) is 42.5 Å². The fraction of sp³-hybridized carbons (Fsp3) is 0.364. The highest BCUT2D eigenvalue weighted by molar-refractivity contribution is 5.85. The van der Waals surface area contributed by atoms with Gasteiger partial charge in [0.2, 0.25) is 11.8 Å². The van der Waals surface area contributed by atoms with Gasteiger partial charge in [-0.25, -0.2) is 4.39 Å². The minimum Gasteiger partial charge on any atom is -0.341 e. The zero-order valence-corrected chi connectivity index (χ0v) is 15.8. The van der Waals surface area contributed by atoms with Crippen LogP contribution in [0, 0.1) is 11.7 Å². The van der Waals surface area contributed by atoms with Crippen molar-refractivity contribution in [3.8, 4) is 0 Å². The summed E-state index contributed by atoms with van der Waals surface area (Å²) in [5.74, 6) is -0.465. The summed E-state index contributed by atoms with van der Waals surface area (Å²) >= 11 is 0. The van der Waals surface area contributed by atoms with Crippen LogP contribution >= 0.6 is 0 Å². The van der Waals surface area contributed by atoms with Gasteiger partial charge in [-0.2, -0.15) is 0 Å². The molecule has 0 unspecified atom stereocenters. The summed E-state index contributed by atoms with van der Waals surface area (Å²) in [5, 5.41) is 0. The van der Waals surface area contributed by atoms with E-state index in [-0.39, 0.29) is 29.6 Å². The summed E-state index contributed by atoms with van der Waals surface area (Å²) in [6.45, 7) is 2.93. The summed E-state index contributed by atoms with van der Waals surface area (Å²) in [6, 6.07) is 15.7. The van der Waals surface area contributed by atoms with E-state index in [0.717, 1.165) is 11.1 Å². The second kappa shape index (κ2) is 8.33. The molecule has 3 rings (SSSR count). The van der Waals surface area contributed by atoms with Gasteiger partial charge in [-0.3, -0.25) is 9.59 Å². The van der Waals surface area contributed by atoms with E-state index < -0.39 is 0 Å². The zero-order chi connectivity index (χ0) is 19.4. The molecule has 5 heteroatoms. The molecule has 0 bridgehead atoms. The van der Waals surface area contributed by atoms with Gasteiger partial charge in [-0.15, -0.1) is 0 Å². The lowest BCUT2D eigenvalue weighted by Gasteiger charge is -2.41. The molecule has 0 aromatic heterocycles. The monoisotopic (exact) mass is 368 g/mol. The van der Waals surface area contributed by atoms with Crippen molar-refractivity contribution in [3.05, 3.63) is 71.5 Å². The Morgan fingerprint density at radius 2 is 1.81 bits per heavy atom. The Hall–Kier alpha value is -2.69. The Balaban J connectivity index is 1.84. The summed E-state index contributed by atoms with van der Waals surface area (Å²) in [6.07, 6.45) is 0.930. The van der Waals surface area contributed by atoms with Gasteiger partial charge < -0.3 is 9.80 Å². The van der Waals surface area contributed by atoms with Crippen molar-refractivity contribution >= 4 is 11.8 Å². The lowest BCUT2D eigenvalue weighted by Crippen LogP contribution is -2.48. The number of amides is 2. The van der Waals surface area contributed by atoms with Gasteiger partial charge in [0.25, 0.3) is 0 Å². The number of rotatable bonds is 5. The molecule has 2 amide bonds. The summed E-state index contributed by atoms with van der Waals surface area (Å²) in [4.78, 5) is 29.2. The molecule has 27 heavy (non-hydrogen) atoms. The van der Waals surface area contributed by atoms with E-state index in [4.69, 9.17) is 0 Å². The Labute approximate surface area is 159 Å². The van der Waals surface area contributed by atoms with Crippen LogP contribution in [0.2, 0.25) is 0 Å². The number of piperidine rings is 1. The first-order valence-corrected chi connectivity index (χ1v) is 9.35. The average molecular weight is 368 g/mol. The van der Waals surface area contributed by atoms with Crippen molar-refractivity contribution in [1.29, 1.82) is 0 Å². The molecule has 1 saturated heterocycles. The average Bonchev–Trinajstić information content (AvgIpc) is 2.69. The maximum absolute atomic E-state index is 13.2. The molecule has 1 aliphatic heterocycles. The lowest BCUT2D eigenvalue weighted by atomic mass is 9.83. The Morgan fingerprint density at radius 3 is 2.44 bits per heavy atom. The predicted molar refractivity (Wildman–Crippen MR) is 102 cm³/mol. The van der Waals surface area contributed by atoms with Crippen molar-refractivity contribution in [2.24, 2.45) is 5.92 Å². The van der Waals surface area contributed by atoms with Crippen molar-refractivity contribution in [2.75, 3.05) is 13.6 Å². The molecule has 0 aliphatic carbocycles. The maximum atomic E-state index is 13.2. The molecule has 0 spiro atoms. The van der Waals surface area contributed by atoms with E-state index in [1.807, 2.05) is 42.2 Å². The minimum absolute atomic E-state index is 0.0131. The van der Waals surface area contributed by atoms with Crippen molar-refractivity contribution in [3.63, 3.8) is 0 Å². The van der Waals surface area contributed by atoms with Crippen LogP contribution < -0.4 is 0 Å². The fourth-order valence-corrected chi connectivity index (χ4v) is 3.87. The number of nitrogens with zero attached hydrogens (tertiary/aromatic N) is 2. The fourth-order valence-electron chi connectivity index (χ4n) is 3.87. The van der Waals surface area contributed by atoms with Crippen LogP contribution in [0.4, 0.5) is 4.39 Å². The van der Waals surface area contributed by atoms with Crippen LogP contribution in [0.1, 0.15) is 36.9 Å². The number of likely N-dealkylation sites (tertiary alicyclic amines) is 1. The van der Waals surface area contributed by atoms with Crippen molar-refractivity contribution < 1.29 is 14.0 Å². The molecular weight excluding hydrogens is 343 g/mol. The lowest BCUT2D eigenvalue weighted by molar-refractivity contribution is -0.147. The first-order chi connectivity index (χ1) is 13.0. The summed E-state index contributed by atoms with van der Waals surface area (Å²) in [5.41, 5.74) is 1.86. The minimum atomic E-state index is -0.291. The Bertz CT molecular complexity index is 792. The van der Waals surface area contributed by atoms with E-state index in [2.05, 4.69) is 0 Å². The number of halogens is 1. The maximum Gasteiger partial charge on any atom is 0.228 e. The van der Waals surface area contributed by atoms with Crippen molar-refractivity contribution in [2.45, 2.75) is 32.4 Å². The number of carbonyl (C=O) groups is 2. The van der Waals surface area contributed by atoms with Gasteiger partial charge >= 0.3 is 0 Å². The zero-order valence-electron chi connectivity index (χ0n) is 15.8. The van der Waals surface area contributed by atoms with Crippen LogP contribution in [0.25, 0.3) is 0 Å². The molecule has 1 fully saturated rings. The van der Waals surface area contributed by atoms with Crippen LogP contribution in [0.15, 0.2) is 54.6 Å². The second-order valence-electron chi connectivity index (χ2n) is 7.00. The van der Waals surface area contributed by atoms with Gasteiger partial charge in [0.1, 0.15) is 5.82 Å². The highest BCUT2D eigenvalue weighted by Gasteiger charge is 2.40. The molecule has 2 atom stereocenters. The van der Waals surface area contributed by atoms with E-state index in [1.165, 1.54) is 12.1 Å². The van der Waals surface area contributed by atoms with Gasteiger partial charge in [0, 0.05) is 26.6 Å². The SMILES string of the molecule is CCN1C(=O)CC[C@@H](C(=O)N(C)Cc2ccc(F)cc2)[C@@H]1c1ccccc1. The van der Waals surface area contributed by atoms with Crippen LogP contribution in [-0.4, -0.2) is 35.2 Å². The molecular formula is C22H25FN2O2. The van der Waals surface area contributed by atoms with E-state index in [9.17, 15) is 14.0 Å². The number of hydrogen-bond donors (Lipinski definition) is 0. The molecule has 0 saturated carbocycles. The van der Waals surface area contributed by atoms with E-state index >= 15 is 0 Å². The standard InChI is InChI=1S/C22H25FN2O2/c1-3-25-20(26)14-13-19(21(25)17-7-5-4-6-8-17)22(27)24(2)15-16-9-11-18(23)12-10-16/h4-12,19,21H,3,13-15H2,1-2H3/t19-,21+/m1/s1. The Kier molecular flexibility index (Phi) is 5.89. The van der Waals surface area contributed by atoms with E-state index in [1.54, 1.807) is 24.1 Å². The first-order valence-electron chi connectivity index (χ1n) is 9.35. The Morgan fingerprint density at radius 1 is 1.15 bits per heavy atom. The van der Waals surface area contributed by atoms with E-state index in [0.29, 0.717) is 25.9 Å². The highest BCUT2D eigenvalue weighted by Crippen LogP contribution is 2.37. The third-order valence-corrected chi connectivity index (χ3v) is 5.21. The quantitative estimate of drug-likeness (QED) is 0.806. The molecule has 0 N–H and O–H groups in total. The molecule has 2 aromatic carbocycles. The number of carbonyl (C=O) groups excluding carboxylic acids is 2. The molecule has 1 aliphatic rings. The molecule has 4 nitrogen and oxygen atoms in total. The predicted octanol–water partition coefficient (Wildman–Crippen LogP) is 3.78. The van der Waals surface area contributed by atoms with Gasteiger partial charge in [0.15, 0.2) is 0 Å². The van der Waals surface area contributed by atoms with Crippen LogP contribution in [0.5, 0.6) is 0 Å².